The second kappa shape index (κ2) is 16.9. The van der Waals surface area contributed by atoms with Gasteiger partial charge in [-0.1, -0.05) is 176 Å². The van der Waals surface area contributed by atoms with Crippen molar-refractivity contribution in [3.8, 4) is 33.4 Å². The summed E-state index contributed by atoms with van der Waals surface area (Å²) >= 11 is 0. The summed E-state index contributed by atoms with van der Waals surface area (Å²) in [6.45, 7) is 0. The maximum atomic E-state index is 17.6. The summed E-state index contributed by atoms with van der Waals surface area (Å²) in [7, 11) is 0. The number of halogens is 2. The van der Waals surface area contributed by atoms with Gasteiger partial charge in [0, 0.05) is 38.8 Å². The fourth-order valence-corrected chi connectivity index (χ4v) is 10.4. The van der Waals surface area contributed by atoms with Crippen LogP contribution in [0.3, 0.4) is 0 Å². The van der Waals surface area contributed by atoms with Crippen LogP contribution in [-0.4, -0.2) is 0 Å². The van der Waals surface area contributed by atoms with Crippen LogP contribution in [0.5, 0.6) is 0 Å². The Bertz CT molecular complexity index is 3600. The molecule has 2 aliphatic rings. The zero-order valence-electron chi connectivity index (χ0n) is 36.7. The first-order valence-electron chi connectivity index (χ1n) is 23.0. The lowest BCUT2D eigenvalue weighted by molar-refractivity contribution is 0.628. The van der Waals surface area contributed by atoms with Crippen molar-refractivity contribution in [3.05, 3.63) is 259 Å². The van der Waals surface area contributed by atoms with E-state index in [2.05, 4.69) is 113 Å². The molecule has 320 valence electrons. The van der Waals surface area contributed by atoms with E-state index >= 15 is 8.78 Å². The lowest BCUT2D eigenvalue weighted by Gasteiger charge is -2.34. The van der Waals surface area contributed by atoms with Crippen LogP contribution in [0.4, 0.5) is 37.2 Å². The van der Waals surface area contributed by atoms with Crippen molar-refractivity contribution in [1.82, 2.24) is 0 Å². The molecule has 0 amide bonds. The SMILES string of the molecule is Fc1cc(-c2ccccc2)cc(-c2ccccc2)c1N(C1=c2ccc3ccc(N(c4ccccc4)c4c(F)cc(-c5ccccc5)cc4C4=CC=CC4)c4ccc(c2c34)CC1)c1ccccc1. The Morgan fingerprint density at radius 1 is 0.418 bits per heavy atom. The molecule has 2 aliphatic carbocycles. The maximum absolute atomic E-state index is 17.6. The Hall–Kier alpha value is -8.34. The molecule has 0 fully saturated rings. The van der Waals surface area contributed by atoms with E-state index in [-0.39, 0.29) is 11.6 Å². The molecule has 0 unspecified atom stereocenters. The highest BCUT2D eigenvalue weighted by atomic mass is 19.1. The zero-order valence-corrected chi connectivity index (χ0v) is 36.7. The molecule has 0 radical (unpaired) electrons. The lowest BCUT2D eigenvalue weighted by Crippen LogP contribution is -2.28. The van der Waals surface area contributed by atoms with Gasteiger partial charge >= 0.3 is 0 Å². The first-order chi connectivity index (χ1) is 33.1. The highest BCUT2D eigenvalue weighted by Gasteiger charge is 2.30. The average Bonchev–Trinajstić information content (AvgIpc) is 3.94. The van der Waals surface area contributed by atoms with Gasteiger partial charge in [-0.05, 0) is 129 Å². The molecule has 0 aliphatic heterocycles. The third-order valence-electron chi connectivity index (χ3n) is 13.4. The number of anilines is 5. The van der Waals surface area contributed by atoms with E-state index in [4.69, 9.17) is 0 Å². The van der Waals surface area contributed by atoms with Crippen LogP contribution in [0.2, 0.25) is 0 Å². The maximum Gasteiger partial charge on any atom is 0.148 e. The number of aryl methyl sites for hydroxylation is 1. The number of para-hydroxylation sites is 2. The molecule has 0 heterocycles. The van der Waals surface area contributed by atoms with Crippen molar-refractivity contribution < 1.29 is 8.78 Å². The minimum Gasteiger partial charge on any atom is -0.310 e. The topological polar surface area (TPSA) is 6.48 Å². The van der Waals surface area contributed by atoms with Gasteiger partial charge in [-0.3, -0.25) is 0 Å². The molecule has 0 saturated heterocycles. The molecular formula is C63H44F2N2. The normalized spacial score (nSPS) is 13.0. The van der Waals surface area contributed by atoms with Gasteiger partial charge in [0.1, 0.15) is 11.6 Å². The zero-order chi connectivity index (χ0) is 44.8. The highest BCUT2D eigenvalue weighted by molar-refractivity contribution is 6.18. The molecule has 10 aromatic rings. The van der Waals surface area contributed by atoms with Gasteiger partial charge in [0.2, 0.25) is 0 Å². The lowest BCUT2D eigenvalue weighted by atomic mass is 9.87. The first-order valence-corrected chi connectivity index (χ1v) is 23.0. The van der Waals surface area contributed by atoms with Gasteiger partial charge < -0.3 is 9.80 Å². The molecule has 0 bridgehead atoms. The Balaban J connectivity index is 1.12. The number of allylic oxidation sites excluding steroid dienone is 4. The molecule has 0 aromatic heterocycles. The van der Waals surface area contributed by atoms with Crippen LogP contribution >= 0.6 is 0 Å². The molecule has 0 atom stereocenters. The van der Waals surface area contributed by atoms with Gasteiger partial charge in [-0.2, -0.15) is 0 Å². The molecular weight excluding hydrogens is 823 g/mol. The molecule has 0 N–H and O–H groups in total. The number of nitrogens with zero attached hydrogens (tertiary/aromatic N) is 2. The summed E-state index contributed by atoms with van der Waals surface area (Å²) in [5, 5.41) is 5.39. The Kier molecular flexibility index (Phi) is 10.1. The summed E-state index contributed by atoms with van der Waals surface area (Å²) in [6, 6.07) is 71.4. The van der Waals surface area contributed by atoms with E-state index in [1.54, 1.807) is 12.1 Å². The van der Waals surface area contributed by atoms with Crippen molar-refractivity contribution in [2.45, 2.75) is 19.3 Å². The summed E-state index contributed by atoms with van der Waals surface area (Å²) in [4.78, 5) is 4.28. The molecule has 67 heavy (non-hydrogen) atoms. The van der Waals surface area contributed by atoms with E-state index in [0.717, 1.165) is 100 Å². The van der Waals surface area contributed by atoms with Crippen molar-refractivity contribution in [2.24, 2.45) is 0 Å². The Morgan fingerprint density at radius 2 is 0.955 bits per heavy atom. The number of hydrogen-bond acceptors (Lipinski definition) is 2. The smallest absolute Gasteiger partial charge is 0.148 e. The molecule has 4 heteroatoms. The minimum atomic E-state index is -0.300. The summed E-state index contributed by atoms with van der Waals surface area (Å²) in [5.41, 5.74) is 13.1. The van der Waals surface area contributed by atoms with E-state index < -0.39 is 0 Å². The van der Waals surface area contributed by atoms with Gasteiger partial charge in [0.25, 0.3) is 0 Å². The number of benzene rings is 10. The van der Waals surface area contributed by atoms with Gasteiger partial charge in [0.15, 0.2) is 0 Å². The largest absolute Gasteiger partial charge is 0.310 e. The first kappa shape index (κ1) is 40.2. The van der Waals surface area contributed by atoms with Crippen LogP contribution in [0.15, 0.2) is 231 Å². The van der Waals surface area contributed by atoms with Crippen molar-refractivity contribution in [2.75, 3.05) is 9.80 Å². The van der Waals surface area contributed by atoms with Crippen LogP contribution in [0, 0.1) is 11.6 Å². The summed E-state index contributed by atoms with van der Waals surface area (Å²) in [5.74, 6) is -0.600. The quantitative estimate of drug-likeness (QED) is 0.135. The monoisotopic (exact) mass is 866 g/mol. The number of hydrogen-bond donors (Lipinski definition) is 0. The van der Waals surface area contributed by atoms with E-state index in [1.165, 1.54) is 5.56 Å². The third kappa shape index (κ3) is 7.10. The van der Waals surface area contributed by atoms with E-state index in [9.17, 15) is 0 Å². The predicted octanol–water partition coefficient (Wildman–Crippen LogP) is 16.7. The van der Waals surface area contributed by atoms with Crippen LogP contribution in [-0.2, 0) is 6.42 Å². The Morgan fingerprint density at radius 3 is 1.55 bits per heavy atom. The second-order valence-corrected chi connectivity index (χ2v) is 17.4. The fourth-order valence-electron chi connectivity index (χ4n) is 10.4. The number of rotatable bonds is 10. The van der Waals surface area contributed by atoms with Crippen LogP contribution in [0.1, 0.15) is 24.0 Å². The molecule has 2 nitrogen and oxygen atoms in total. The molecule has 0 spiro atoms. The highest BCUT2D eigenvalue weighted by Crippen LogP contribution is 2.49. The standard InChI is InChI=1S/C63H44F2N2/c64-56-40-48(42-18-6-1-7-19-42)38-54(44-22-10-3-11-23-44)62(56)66(50-26-12-4-13-27-50)58-36-32-46-31-35-53-59(37-33-47-30-34-52(58)60(46)61(47)53)67(51-28-14-5-15-29-51)63-55(45-24-16-17-25-45)39-49(41-57(63)65)43-20-8-2-9-21-43/h1-24,26-31,33-35,37-41H,25,32,36H2. The van der Waals surface area contributed by atoms with E-state index in [0.29, 0.717) is 24.2 Å². The van der Waals surface area contributed by atoms with Crippen LogP contribution in [0.25, 0.3) is 66.2 Å². The predicted molar refractivity (Wildman–Crippen MR) is 276 cm³/mol. The third-order valence-corrected chi connectivity index (χ3v) is 13.4. The summed E-state index contributed by atoms with van der Waals surface area (Å²) in [6.07, 6.45) is 8.46. The summed E-state index contributed by atoms with van der Waals surface area (Å²) < 4.78 is 35.1. The second-order valence-electron chi connectivity index (χ2n) is 17.4. The molecule has 12 rings (SSSR count). The average molecular weight is 867 g/mol. The molecule has 0 saturated carbocycles. The molecule has 10 aromatic carbocycles. The minimum absolute atomic E-state index is 0.300. The van der Waals surface area contributed by atoms with Crippen molar-refractivity contribution in [3.63, 3.8) is 0 Å². The van der Waals surface area contributed by atoms with Gasteiger partial charge in [0.05, 0.1) is 17.1 Å². The van der Waals surface area contributed by atoms with Crippen molar-refractivity contribution >= 4 is 61.3 Å². The van der Waals surface area contributed by atoms with Crippen molar-refractivity contribution in [1.29, 1.82) is 0 Å². The van der Waals surface area contributed by atoms with Crippen LogP contribution < -0.4 is 15.0 Å². The van der Waals surface area contributed by atoms with Gasteiger partial charge in [-0.15, -0.1) is 0 Å². The Labute approximate surface area is 389 Å². The van der Waals surface area contributed by atoms with Gasteiger partial charge in [-0.25, -0.2) is 8.78 Å². The van der Waals surface area contributed by atoms with E-state index in [1.807, 2.05) is 115 Å². The fraction of sp³-hybridized carbons (Fsp3) is 0.0476.